The van der Waals surface area contributed by atoms with Crippen molar-refractivity contribution < 1.29 is 4.74 Å². The largest absolute Gasteiger partial charge is 0.494 e. The van der Waals surface area contributed by atoms with Gasteiger partial charge in [-0.3, -0.25) is 4.98 Å². The fourth-order valence-corrected chi connectivity index (χ4v) is 4.84. The summed E-state index contributed by atoms with van der Waals surface area (Å²) in [6.45, 7) is 1.93. The second-order valence-corrected chi connectivity index (χ2v) is 9.21. The number of nitrogens with zero attached hydrogens (tertiary/aromatic N) is 6. The van der Waals surface area contributed by atoms with E-state index in [2.05, 4.69) is 43.7 Å². The van der Waals surface area contributed by atoms with Crippen LogP contribution in [0.2, 0.25) is 0 Å². The average Bonchev–Trinajstić information content (AvgIpc) is 3.21. The van der Waals surface area contributed by atoms with Crippen LogP contribution >= 0.6 is 0 Å². The molecule has 0 radical (unpaired) electrons. The van der Waals surface area contributed by atoms with Crippen LogP contribution in [0.15, 0.2) is 48.9 Å². The summed E-state index contributed by atoms with van der Waals surface area (Å²) in [7, 11) is 7.96. The van der Waals surface area contributed by atoms with E-state index in [1.165, 1.54) is 0 Å². The minimum absolute atomic E-state index is 0.465. The molecule has 1 aliphatic rings. The van der Waals surface area contributed by atoms with Gasteiger partial charge in [0.2, 0.25) is 5.95 Å². The minimum Gasteiger partial charge on any atom is -0.494 e. The van der Waals surface area contributed by atoms with Crippen molar-refractivity contribution >= 4 is 34.0 Å². The SMILES string of the molecule is COc1cc(N2CCC(N(C)C)CC2)c(N)cc1Nc1nccc(-c2cn(C)c3cccnc23)n1. The second-order valence-electron chi connectivity index (χ2n) is 9.21. The van der Waals surface area contributed by atoms with Crippen LogP contribution in [-0.4, -0.2) is 64.8 Å². The Morgan fingerprint density at radius 3 is 2.66 bits per heavy atom. The molecule has 0 amide bonds. The molecule has 1 aromatic carbocycles. The van der Waals surface area contributed by atoms with Gasteiger partial charge in [0.15, 0.2) is 0 Å². The molecular formula is C26H32N8O. The molecule has 4 heterocycles. The average molecular weight is 473 g/mol. The van der Waals surface area contributed by atoms with Crippen LogP contribution in [0.25, 0.3) is 22.3 Å². The van der Waals surface area contributed by atoms with Crippen LogP contribution in [0.3, 0.4) is 0 Å². The Kier molecular flexibility index (Phi) is 6.17. The molecule has 1 saturated heterocycles. The van der Waals surface area contributed by atoms with Crippen LogP contribution in [0.5, 0.6) is 5.75 Å². The maximum Gasteiger partial charge on any atom is 0.227 e. The Hall–Kier alpha value is -3.85. The highest BCUT2D eigenvalue weighted by Gasteiger charge is 2.23. The summed E-state index contributed by atoms with van der Waals surface area (Å²) in [5.41, 5.74) is 12.6. The van der Waals surface area contributed by atoms with E-state index in [0.717, 1.165) is 59.6 Å². The first kappa shape index (κ1) is 22.9. The molecule has 0 saturated carbocycles. The summed E-state index contributed by atoms with van der Waals surface area (Å²) < 4.78 is 7.77. The van der Waals surface area contributed by atoms with Gasteiger partial charge in [-0.15, -0.1) is 0 Å². The number of aryl methyl sites for hydroxylation is 1. The van der Waals surface area contributed by atoms with Gasteiger partial charge in [-0.2, -0.15) is 0 Å². The van der Waals surface area contributed by atoms with E-state index in [1.807, 2.05) is 43.6 Å². The number of methoxy groups -OCH3 is 1. The summed E-state index contributed by atoms with van der Waals surface area (Å²) >= 11 is 0. The third-order valence-electron chi connectivity index (χ3n) is 6.81. The first-order valence-corrected chi connectivity index (χ1v) is 11.8. The number of rotatable bonds is 6. The lowest BCUT2D eigenvalue weighted by Crippen LogP contribution is -2.42. The fraction of sp³-hybridized carbons (Fsp3) is 0.346. The van der Waals surface area contributed by atoms with Gasteiger partial charge in [0.25, 0.3) is 0 Å². The van der Waals surface area contributed by atoms with Gasteiger partial charge in [0.1, 0.15) is 5.75 Å². The van der Waals surface area contributed by atoms with Gasteiger partial charge in [-0.25, -0.2) is 9.97 Å². The van der Waals surface area contributed by atoms with Crippen LogP contribution in [0, 0.1) is 0 Å². The molecule has 1 fully saturated rings. The number of nitrogens with two attached hydrogens (primary N) is 1. The van der Waals surface area contributed by atoms with Gasteiger partial charge >= 0.3 is 0 Å². The van der Waals surface area contributed by atoms with E-state index in [1.54, 1.807) is 19.5 Å². The van der Waals surface area contributed by atoms with E-state index in [9.17, 15) is 0 Å². The van der Waals surface area contributed by atoms with E-state index >= 15 is 0 Å². The van der Waals surface area contributed by atoms with Gasteiger partial charge in [-0.05, 0) is 51.2 Å². The molecule has 1 aliphatic heterocycles. The van der Waals surface area contributed by atoms with Crippen LogP contribution < -0.4 is 20.7 Å². The van der Waals surface area contributed by atoms with Crippen molar-refractivity contribution in [3.05, 3.63) is 48.9 Å². The fourth-order valence-electron chi connectivity index (χ4n) is 4.84. The number of anilines is 4. The van der Waals surface area contributed by atoms with Crippen LogP contribution in [0.4, 0.5) is 23.0 Å². The normalized spacial score (nSPS) is 14.6. The predicted octanol–water partition coefficient (Wildman–Crippen LogP) is 3.90. The smallest absolute Gasteiger partial charge is 0.227 e. The van der Waals surface area contributed by atoms with Gasteiger partial charge in [-0.1, -0.05) is 0 Å². The highest BCUT2D eigenvalue weighted by atomic mass is 16.5. The van der Waals surface area contributed by atoms with Crippen molar-refractivity contribution in [2.24, 2.45) is 7.05 Å². The monoisotopic (exact) mass is 472 g/mol. The van der Waals surface area contributed by atoms with Gasteiger partial charge in [0.05, 0.1) is 40.9 Å². The highest BCUT2D eigenvalue weighted by Crippen LogP contribution is 2.38. The van der Waals surface area contributed by atoms with E-state index in [-0.39, 0.29) is 0 Å². The molecule has 0 aliphatic carbocycles. The van der Waals surface area contributed by atoms with Gasteiger partial charge < -0.3 is 30.2 Å². The Balaban J connectivity index is 1.41. The number of aromatic nitrogens is 4. The molecule has 182 valence electrons. The molecule has 9 nitrogen and oxygen atoms in total. The number of pyridine rings is 1. The second kappa shape index (κ2) is 9.42. The van der Waals surface area contributed by atoms with Crippen molar-refractivity contribution in [2.75, 3.05) is 50.2 Å². The molecule has 3 N–H and O–H groups in total. The third kappa shape index (κ3) is 4.46. The molecule has 0 unspecified atom stereocenters. The molecule has 35 heavy (non-hydrogen) atoms. The number of hydrogen-bond acceptors (Lipinski definition) is 8. The van der Waals surface area contributed by atoms with E-state index < -0.39 is 0 Å². The first-order chi connectivity index (χ1) is 16.9. The van der Waals surface area contributed by atoms with Crippen molar-refractivity contribution in [3.63, 3.8) is 0 Å². The molecule has 0 bridgehead atoms. The Morgan fingerprint density at radius 1 is 1.11 bits per heavy atom. The molecule has 0 atom stereocenters. The number of fused-ring (bicyclic) bond motifs is 1. The van der Waals surface area contributed by atoms with Crippen molar-refractivity contribution in [3.8, 4) is 17.0 Å². The van der Waals surface area contributed by atoms with E-state index in [4.69, 9.17) is 15.5 Å². The predicted molar refractivity (Wildman–Crippen MR) is 141 cm³/mol. The van der Waals surface area contributed by atoms with Crippen molar-refractivity contribution in [1.29, 1.82) is 0 Å². The Labute approximate surface area is 205 Å². The summed E-state index contributed by atoms with van der Waals surface area (Å²) in [4.78, 5) is 18.4. The highest BCUT2D eigenvalue weighted by molar-refractivity contribution is 5.92. The summed E-state index contributed by atoms with van der Waals surface area (Å²) in [5, 5.41) is 3.30. The molecule has 5 rings (SSSR count). The molecule has 4 aromatic rings. The lowest BCUT2D eigenvalue weighted by molar-refractivity contribution is 0.249. The van der Waals surface area contributed by atoms with Crippen molar-refractivity contribution in [2.45, 2.75) is 18.9 Å². The summed E-state index contributed by atoms with van der Waals surface area (Å²) in [6.07, 6.45) is 7.80. The first-order valence-electron chi connectivity index (χ1n) is 11.8. The quantitative estimate of drug-likeness (QED) is 0.408. The zero-order chi connectivity index (χ0) is 24.5. The van der Waals surface area contributed by atoms with E-state index in [0.29, 0.717) is 23.4 Å². The van der Waals surface area contributed by atoms with Crippen LogP contribution in [0.1, 0.15) is 12.8 Å². The lowest BCUT2D eigenvalue weighted by atomic mass is 10.0. The zero-order valence-corrected chi connectivity index (χ0v) is 20.7. The standard InChI is InChI=1S/C26H32N8O/c1-32(2)17-8-12-34(13-9-17)23-15-24(35-4)21(14-19(23)27)31-26-29-11-7-20(30-26)18-16-33(3)22-6-5-10-28-25(18)22/h5-7,10-11,14-17H,8-9,12-13,27H2,1-4H3,(H,29,30,31). The number of piperidine rings is 1. The number of ether oxygens (including phenoxy) is 1. The van der Waals surface area contributed by atoms with Gasteiger partial charge in [0, 0.05) is 56.4 Å². The summed E-state index contributed by atoms with van der Waals surface area (Å²) in [6, 6.07) is 10.4. The molecular weight excluding hydrogens is 440 g/mol. The maximum atomic E-state index is 6.51. The Morgan fingerprint density at radius 2 is 1.91 bits per heavy atom. The topological polar surface area (TPSA) is 97.4 Å². The Bertz CT molecular complexity index is 1340. The molecule has 3 aromatic heterocycles. The summed E-state index contributed by atoms with van der Waals surface area (Å²) in [5.74, 6) is 1.16. The number of nitrogens with one attached hydrogen (secondary N) is 1. The maximum absolute atomic E-state index is 6.51. The van der Waals surface area contributed by atoms with Crippen molar-refractivity contribution in [1.82, 2.24) is 24.4 Å². The molecule has 9 heteroatoms. The zero-order valence-electron chi connectivity index (χ0n) is 20.7. The number of nitrogen functional groups attached to an aromatic ring is 1. The number of benzene rings is 1. The molecule has 0 spiro atoms. The number of hydrogen-bond donors (Lipinski definition) is 2. The minimum atomic E-state index is 0.465. The lowest BCUT2D eigenvalue weighted by Gasteiger charge is -2.37. The third-order valence-corrected chi connectivity index (χ3v) is 6.81. The van der Waals surface area contributed by atoms with Crippen LogP contribution in [-0.2, 0) is 7.05 Å².